The number of methoxy groups -OCH3 is 1. The van der Waals surface area contributed by atoms with E-state index in [4.69, 9.17) is 39.5 Å². The molecule has 1 unspecified atom stereocenters. The SMILES string of the molecule is COc1c(Cl)cc(Cl)cc1C1NCCc2c1[nH]c1ccc(Cl)cc21. The van der Waals surface area contributed by atoms with Gasteiger partial charge < -0.3 is 15.0 Å². The molecule has 0 bridgehead atoms. The summed E-state index contributed by atoms with van der Waals surface area (Å²) in [7, 11) is 1.62. The first kappa shape index (κ1) is 16.1. The molecule has 2 heterocycles. The van der Waals surface area contributed by atoms with Crippen molar-refractivity contribution in [2.24, 2.45) is 0 Å². The van der Waals surface area contributed by atoms with Crippen molar-refractivity contribution in [3.8, 4) is 5.75 Å². The maximum Gasteiger partial charge on any atom is 0.142 e. The molecule has 4 rings (SSSR count). The number of ether oxygens (including phenoxy) is 1. The molecule has 1 aromatic heterocycles. The number of halogens is 3. The lowest BCUT2D eigenvalue weighted by molar-refractivity contribution is 0.402. The van der Waals surface area contributed by atoms with Crippen LogP contribution in [0, 0.1) is 0 Å². The van der Waals surface area contributed by atoms with Crippen LogP contribution in [0.4, 0.5) is 0 Å². The standard InChI is InChI=1S/C18H15Cl3N2O/c1-24-18-13(7-10(20)8-14(18)21)16-17-11(4-5-22-16)12-6-9(19)2-3-15(12)23-17/h2-3,6-8,16,22-23H,4-5H2,1H3. The third-order valence-corrected chi connectivity index (χ3v) is 5.20. The highest BCUT2D eigenvalue weighted by Crippen LogP contribution is 2.41. The van der Waals surface area contributed by atoms with Gasteiger partial charge in [0.15, 0.2) is 0 Å². The van der Waals surface area contributed by atoms with E-state index >= 15 is 0 Å². The number of rotatable bonds is 2. The Bertz CT molecular complexity index is 936. The van der Waals surface area contributed by atoms with Crippen molar-refractivity contribution in [3.63, 3.8) is 0 Å². The number of H-pyrrole nitrogens is 1. The Morgan fingerprint density at radius 2 is 1.92 bits per heavy atom. The van der Waals surface area contributed by atoms with Crippen LogP contribution in [0.1, 0.15) is 22.9 Å². The summed E-state index contributed by atoms with van der Waals surface area (Å²) in [4.78, 5) is 3.52. The molecule has 124 valence electrons. The number of hydrogen-bond donors (Lipinski definition) is 2. The van der Waals surface area contributed by atoms with Crippen LogP contribution >= 0.6 is 34.8 Å². The molecule has 0 saturated heterocycles. The van der Waals surface area contributed by atoms with Gasteiger partial charge in [-0.2, -0.15) is 0 Å². The van der Waals surface area contributed by atoms with E-state index in [9.17, 15) is 0 Å². The van der Waals surface area contributed by atoms with Gasteiger partial charge in [-0.3, -0.25) is 0 Å². The normalized spacial score (nSPS) is 17.1. The maximum atomic E-state index is 6.32. The zero-order valence-electron chi connectivity index (χ0n) is 12.9. The van der Waals surface area contributed by atoms with Crippen molar-refractivity contribution in [1.82, 2.24) is 10.3 Å². The van der Waals surface area contributed by atoms with E-state index in [0.29, 0.717) is 15.8 Å². The Labute approximate surface area is 154 Å². The summed E-state index contributed by atoms with van der Waals surface area (Å²) in [5.74, 6) is 0.642. The van der Waals surface area contributed by atoms with Gasteiger partial charge in [0.1, 0.15) is 5.75 Å². The molecular weight excluding hydrogens is 367 g/mol. The van der Waals surface area contributed by atoms with E-state index in [1.165, 1.54) is 5.56 Å². The van der Waals surface area contributed by atoms with Gasteiger partial charge in [0.2, 0.25) is 0 Å². The first-order valence-corrected chi connectivity index (χ1v) is 8.78. The fourth-order valence-corrected chi connectivity index (χ4v) is 4.23. The van der Waals surface area contributed by atoms with E-state index in [2.05, 4.69) is 10.3 Å². The fourth-order valence-electron chi connectivity index (χ4n) is 3.48. The van der Waals surface area contributed by atoms with E-state index < -0.39 is 0 Å². The molecule has 24 heavy (non-hydrogen) atoms. The molecule has 3 aromatic rings. The maximum absolute atomic E-state index is 6.32. The zero-order chi connectivity index (χ0) is 16.8. The highest BCUT2D eigenvalue weighted by molar-refractivity contribution is 6.35. The molecule has 0 aliphatic carbocycles. The number of hydrogen-bond acceptors (Lipinski definition) is 2. The molecule has 2 N–H and O–H groups in total. The molecule has 1 aliphatic heterocycles. The minimum Gasteiger partial charge on any atom is -0.495 e. The molecular formula is C18H15Cl3N2O. The summed E-state index contributed by atoms with van der Waals surface area (Å²) >= 11 is 18.7. The van der Waals surface area contributed by atoms with Gasteiger partial charge in [-0.15, -0.1) is 0 Å². The monoisotopic (exact) mass is 380 g/mol. The molecule has 1 atom stereocenters. The van der Waals surface area contributed by atoms with Gasteiger partial charge in [0.05, 0.1) is 18.2 Å². The highest BCUT2D eigenvalue weighted by Gasteiger charge is 2.28. The average Bonchev–Trinajstić information content (AvgIpc) is 2.92. The molecule has 1 aliphatic rings. The average molecular weight is 382 g/mol. The summed E-state index contributed by atoms with van der Waals surface area (Å²) in [6.07, 6.45) is 0.933. The smallest absolute Gasteiger partial charge is 0.142 e. The molecule has 3 nitrogen and oxygen atoms in total. The number of nitrogens with one attached hydrogen (secondary N) is 2. The van der Waals surface area contributed by atoms with E-state index in [0.717, 1.165) is 40.1 Å². The fraction of sp³-hybridized carbons (Fsp3) is 0.222. The number of benzene rings is 2. The molecule has 0 fully saturated rings. The van der Waals surface area contributed by atoms with Crippen molar-refractivity contribution in [1.29, 1.82) is 0 Å². The summed E-state index contributed by atoms with van der Waals surface area (Å²) in [5, 5.41) is 6.53. The number of aromatic amines is 1. The van der Waals surface area contributed by atoms with Crippen LogP contribution in [-0.4, -0.2) is 18.6 Å². The second-order valence-corrected chi connectivity index (χ2v) is 7.13. The van der Waals surface area contributed by atoms with Crippen LogP contribution < -0.4 is 10.1 Å². The van der Waals surface area contributed by atoms with E-state index in [1.54, 1.807) is 13.2 Å². The minimum atomic E-state index is -0.0638. The second kappa shape index (κ2) is 6.16. The largest absolute Gasteiger partial charge is 0.495 e. The van der Waals surface area contributed by atoms with Gasteiger partial charge in [0.25, 0.3) is 0 Å². The van der Waals surface area contributed by atoms with Crippen LogP contribution in [0.15, 0.2) is 30.3 Å². The van der Waals surface area contributed by atoms with Crippen molar-refractivity contribution in [3.05, 3.63) is 62.2 Å². The van der Waals surface area contributed by atoms with Gasteiger partial charge in [-0.1, -0.05) is 34.8 Å². The predicted octanol–water partition coefficient (Wildman–Crippen LogP) is 5.37. The van der Waals surface area contributed by atoms with Crippen molar-refractivity contribution >= 4 is 45.7 Å². The third kappa shape index (κ3) is 2.56. The lowest BCUT2D eigenvalue weighted by Gasteiger charge is -2.26. The summed E-state index contributed by atoms with van der Waals surface area (Å²) < 4.78 is 5.53. The van der Waals surface area contributed by atoms with Crippen LogP contribution in [0.3, 0.4) is 0 Å². The number of aromatic nitrogens is 1. The summed E-state index contributed by atoms with van der Waals surface area (Å²) in [6, 6.07) is 9.44. The Balaban J connectivity index is 1.93. The lowest BCUT2D eigenvalue weighted by Crippen LogP contribution is -2.30. The first-order chi connectivity index (χ1) is 11.6. The van der Waals surface area contributed by atoms with Crippen LogP contribution in [0.5, 0.6) is 5.75 Å². The van der Waals surface area contributed by atoms with E-state index in [-0.39, 0.29) is 6.04 Å². The van der Waals surface area contributed by atoms with Crippen molar-refractivity contribution < 1.29 is 4.74 Å². The molecule has 0 spiro atoms. The predicted molar refractivity (Wildman–Crippen MR) is 99.9 cm³/mol. The van der Waals surface area contributed by atoms with Gasteiger partial charge >= 0.3 is 0 Å². The lowest BCUT2D eigenvalue weighted by atomic mass is 9.94. The molecule has 0 radical (unpaired) electrons. The quantitative estimate of drug-likeness (QED) is 0.626. The molecule has 0 amide bonds. The van der Waals surface area contributed by atoms with Crippen molar-refractivity contribution in [2.45, 2.75) is 12.5 Å². The molecule has 6 heteroatoms. The van der Waals surface area contributed by atoms with Crippen LogP contribution in [-0.2, 0) is 6.42 Å². The topological polar surface area (TPSA) is 37.0 Å². The van der Waals surface area contributed by atoms with E-state index in [1.807, 2.05) is 24.3 Å². The summed E-state index contributed by atoms with van der Waals surface area (Å²) in [5.41, 5.74) is 4.38. The number of fused-ring (bicyclic) bond motifs is 3. The first-order valence-electron chi connectivity index (χ1n) is 7.65. The van der Waals surface area contributed by atoms with Gasteiger partial charge in [0, 0.05) is 38.8 Å². The van der Waals surface area contributed by atoms with Gasteiger partial charge in [-0.25, -0.2) is 0 Å². The molecule has 0 saturated carbocycles. The van der Waals surface area contributed by atoms with Crippen molar-refractivity contribution in [2.75, 3.05) is 13.7 Å². The Kier molecular flexibility index (Phi) is 4.13. The second-order valence-electron chi connectivity index (χ2n) is 5.85. The highest BCUT2D eigenvalue weighted by atomic mass is 35.5. The Hall–Kier alpha value is -1.39. The third-order valence-electron chi connectivity index (χ3n) is 4.47. The summed E-state index contributed by atoms with van der Waals surface area (Å²) in [6.45, 7) is 0.852. The minimum absolute atomic E-state index is 0.0638. The Morgan fingerprint density at radius 1 is 1.08 bits per heavy atom. The molecule has 2 aromatic carbocycles. The zero-order valence-corrected chi connectivity index (χ0v) is 15.2. The van der Waals surface area contributed by atoms with Crippen LogP contribution in [0.25, 0.3) is 10.9 Å². The van der Waals surface area contributed by atoms with Gasteiger partial charge in [-0.05, 0) is 42.3 Å². The van der Waals surface area contributed by atoms with Crippen LogP contribution in [0.2, 0.25) is 15.1 Å². The Morgan fingerprint density at radius 3 is 2.71 bits per heavy atom.